The molecule has 3 rings (SSSR count). The first-order valence-corrected chi connectivity index (χ1v) is 10.5. The zero-order chi connectivity index (χ0) is 18.6. The molecule has 0 spiro atoms. The predicted molar refractivity (Wildman–Crippen MR) is 103 cm³/mol. The van der Waals surface area contributed by atoms with Crippen LogP contribution in [0.5, 0.6) is 0 Å². The van der Waals surface area contributed by atoms with Gasteiger partial charge in [0.25, 0.3) is 5.56 Å². The molecule has 0 bridgehead atoms. The third-order valence-electron chi connectivity index (χ3n) is 3.59. The van der Waals surface area contributed by atoms with Crippen LogP contribution in [0.4, 0.5) is 0 Å². The maximum Gasteiger partial charge on any atom is 0.266 e. The van der Waals surface area contributed by atoms with E-state index in [1.807, 2.05) is 30.3 Å². The second-order valence-corrected chi connectivity index (χ2v) is 9.16. The standard InChI is InChI=1S/C17H16ClN3O3S2/c18-15-8-10-17(25-15)26(23,24)19-11-4-12-21-16(22)9-7-14(20-21)13-5-2-1-3-6-13/h1-3,5-10,19H,4,11-12H2. The van der Waals surface area contributed by atoms with E-state index in [-0.39, 0.29) is 16.3 Å². The van der Waals surface area contributed by atoms with Gasteiger partial charge in [0.1, 0.15) is 4.21 Å². The Kier molecular flexibility index (Phi) is 5.87. The van der Waals surface area contributed by atoms with Crippen molar-refractivity contribution in [3.63, 3.8) is 0 Å². The lowest BCUT2D eigenvalue weighted by atomic mass is 10.1. The normalized spacial score (nSPS) is 11.6. The molecule has 3 aromatic rings. The van der Waals surface area contributed by atoms with Gasteiger partial charge in [-0.25, -0.2) is 17.8 Å². The number of sulfonamides is 1. The van der Waals surface area contributed by atoms with Crippen molar-refractivity contribution in [2.75, 3.05) is 6.54 Å². The minimum absolute atomic E-state index is 0.170. The third kappa shape index (κ3) is 4.59. The summed E-state index contributed by atoms with van der Waals surface area (Å²) in [6, 6.07) is 15.7. The fourth-order valence-electron chi connectivity index (χ4n) is 2.32. The number of rotatable bonds is 7. The van der Waals surface area contributed by atoms with Crippen LogP contribution in [0.25, 0.3) is 11.3 Å². The second-order valence-electron chi connectivity index (χ2n) is 5.46. The van der Waals surface area contributed by atoms with Gasteiger partial charge in [0.2, 0.25) is 10.0 Å². The van der Waals surface area contributed by atoms with Crippen molar-refractivity contribution in [2.24, 2.45) is 0 Å². The Morgan fingerprint density at radius 1 is 1.08 bits per heavy atom. The Morgan fingerprint density at radius 2 is 1.85 bits per heavy atom. The van der Waals surface area contributed by atoms with Gasteiger partial charge in [-0.3, -0.25) is 4.79 Å². The van der Waals surface area contributed by atoms with Crippen molar-refractivity contribution < 1.29 is 8.42 Å². The predicted octanol–water partition coefficient (Wildman–Crippen LogP) is 2.99. The number of halogens is 1. The van der Waals surface area contributed by atoms with Gasteiger partial charge in [-0.15, -0.1) is 11.3 Å². The van der Waals surface area contributed by atoms with E-state index in [0.29, 0.717) is 23.0 Å². The Labute approximate surface area is 160 Å². The number of aryl methyl sites for hydroxylation is 1. The quantitative estimate of drug-likeness (QED) is 0.608. The van der Waals surface area contributed by atoms with Crippen molar-refractivity contribution in [1.82, 2.24) is 14.5 Å². The van der Waals surface area contributed by atoms with Crippen LogP contribution < -0.4 is 10.3 Å². The van der Waals surface area contributed by atoms with E-state index in [1.54, 1.807) is 12.1 Å². The van der Waals surface area contributed by atoms with Crippen molar-refractivity contribution in [1.29, 1.82) is 0 Å². The molecular weight excluding hydrogens is 394 g/mol. The van der Waals surface area contributed by atoms with E-state index in [9.17, 15) is 13.2 Å². The molecule has 26 heavy (non-hydrogen) atoms. The molecule has 2 heterocycles. The van der Waals surface area contributed by atoms with Gasteiger partial charge >= 0.3 is 0 Å². The number of hydrogen-bond donors (Lipinski definition) is 1. The molecule has 136 valence electrons. The highest BCUT2D eigenvalue weighted by molar-refractivity contribution is 7.91. The summed E-state index contributed by atoms with van der Waals surface area (Å²) < 4.78 is 28.7. The highest BCUT2D eigenvalue weighted by Gasteiger charge is 2.15. The van der Waals surface area contributed by atoms with E-state index in [2.05, 4.69) is 9.82 Å². The van der Waals surface area contributed by atoms with E-state index >= 15 is 0 Å². The Balaban J connectivity index is 1.62. The first-order valence-electron chi connectivity index (χ1n) is 7.84. The maximum absolute atomic E-state index is 12.1. The van der Waals surface area contributed by atoms with Crippen LogP contribution in [0.3, 0.4) is 0 Å². The molecule has 0 saturated heterocycles. The number of aromatic nitrogens is 2. The van der Waals surface area contributed by atoms with Gasteiger partial charge in [-0.2, -0.15) is 5.10 Å². The molecule has 0 aliphatic heterocycles. The molecule has 0 saturated carbocycles. The number of nitrogens with zero attached hydrogens (tertiary/aromatic N) is 2. The van der Waals surface area contributed by atoms with Crippen LogP contribution in [0.15, 0.2) is 63.6 Å². The van der Waals surface area contributed by atoms with Crippen LogP contribution in [0.1, 0.15) is 6.42 Å². The van der Waals surface area contributed by atoms with Crippen molar-refractivity contribution in [3.05, 3.63) is 69.3 Å². The molecule has 0 aliphatic rings. The lowest BCUT2D eigenvalue weighted by Gasteiger charge is -2.08. The molecule has 0 atom stereocenters. The highest BCUT2D eigenvalue weighted by Crippen LogP contribution is 2.25. The minimum atomic E-state index is -3.58. The Morgan fingerprint density at radius 3 is 2.54 bits per heavy atom. The van der Waals surface area contributed by atoms with Crippen LogP contribution in [-0.2, 0) is 16.6 Å². The topological polar surface area (TPSA) is 81.1 Å². The summed E-state index contributed by atoms with van der Waals surface area (Å²) in [6.45, 7) is 0.509. The highest BCUT2D eigenvalue weighted by atomic mass is 35.5. The maximum atomic E-state index is 12.1. The second kappa shape index (κ2) is 8.13. The monoisotopic (exact) mass is 409 g/mol. The number of thiophene rings is 1. The number of nitrogens with one attached hydrogen (secondary N) is 1. The molecule has 6 nitrogen and oxygen atoms in total. The molecule has 9 heteroatoms. The largest absolute Gasteiger partial charge is 0.268 e. The van der Waals surface area contributed by atoms with Gasteiger partial charge < -0.3 is 0 Å². The SMILES string of the molecule is O=c1ccc(-c2ccccc2)nn1CCCNS(=O)(=O)c1ccc(Cl)s1. The van der Waals surface area contributed by atoms with E-state index in [0.717, 1.165) is 16.9 Å². The van der Waals surface area contributed by atoms with E-state index in [1.165, 1.54) is 16.8 Å². The summed E-state index contributed by atoms with van der Waals surface area (Å²) in [7, 11) is -3.58. The van der Waals surface area contributed by atoms with Gasteiger partial charge in [0.15, 0.2) is 0 Å². The summed E-state index contributed by atoms with van der Waals surface area (Å²) in [4.78, 5) is 12.0. The molecule has 0 radical (unpaired) electrons. The Bertz CT molecular complexity index is 1050. The van der Waals surface area contributed by atoms with Crippen molar-refractivity contribution in [3.8, 4) is 11.3 Å². The van der Waals surface area contributed by atoms with Gasteiger partial charge in [-0.1, -0.05) is 41.9 Å². The van der Waals surface area contributed by atoms with Gasteiger partial charge in [0.05, 0.1) is 10.0 Å². The molecule has 1 N–H and O–H groups in total. The molecule has 1 aromatic carbocycles. The average Bonchev–Trinajstić information content (AvgIpc) is 3.08. The van der Waals surface area contributed by atoms with Crippen LogP contribution in [0, 0.1) is 0 Å². The summed E-state index contributed by atoms with van der Waals surface area (Å²) in [5, 5.41) is 4.35. The number of hydrogen-bond acceptors (Lipinski definition) is 5. The van der Waals surface area contributed by atoms with Gasteiger partial charge in [0, 0.05) is 24.7 Å². The van der Waals surface area contributed by atoms with E-state index in [4.69, 9.17) is 11.6 Å². The molecule has 0 aliphatic carbocycles. The van der Waals surface area contributed by atoms with Crippen LogP contribution in [0.2, 0.25) is 4.34 Å². The van der Waals surface area contributed by atoms with Gasteiger partial charge in [-0.05, 0) is 24.6 Å². The first kappa shape index (κ1) is 18.8. The molecule has 2 aromatic heterocycles. The summed E-state index contributed by atoms with van der Waals surface area (Å²) in [5.41, 5.74) is 1.38. The zero-order valence-corrected chi connectivity index (χ0v) is 16.0. The zero-order valence-electron chi connectivity index (χ0n) is 13.6. The smallest absolute Gasteiger partial charge is 0.266 e. The third-order valence-corrected chi connectivity index (χ3v) is 6.77. The Hall–Kier alpha value is -2.00. The van der Waals surface area contributed by atoms with Crippen LogP contribution >= 0.6 is 22.9 Å². The van der Waals surface area contributed by atoms with Crippen molar-refractivity contribution >= 4 is 33.0 Å². The molecular formula is C17H16ClN3O3S2. The summed E-state index contributed by atoms with van der Waals surface area (Å²) >= 11 is 6.77. The number of benzene rings is 1. The molecule has 0 amide bonds. The molecule has 0 unspecified atom stereocenters. The van der Waals surface area contributed by atoms with E-state index < -0.39 is 10.0 Å². The fraction of sp³-hybridized carbons (Fsp3) is 0.176. The lowest BCUT2D eigenvalue weighted by Crippen LogP contribution is -2.27. The average molecular weight is 410 g/mol. The minimum Gasteiger partial charge on any atom is -0.268 e. The fourth-order valence-corrected chi connectivity index (χ4v) is 4.92. The molecule has 0 fully saturated rings. The lowest BCUT2D eigenvalue weighted by molar-refractivity contribution is 0.537. The van der Waals surface area contributed by atoms with Crippen molar-refractivity contribution in [2.45, 2.75) is 17.2 Å². The van der Waals surface area contributed by atoms with Crippen LogP contribution in [-0.4, -0.2) is 24.7 Å². The first-order chi connectivity index (χ1) is 12.5. The summed E-state index contributed by atoms with van der Waals surface area (Å²) in [5.74, 6) is 0. The summed E-state index contributed by atoms with van der Waals surface area (Å²) in [6.07, 6.45) is 0.434.